The SMILES string of the molecule is CCC(NC(=O)Cn1cc(-c2ccccc2)nn1)c1n[nH]c(C)n1. The zero-order chi connectivity index (χ0) is 16.9. The molecule has 124 valence electrons. The molecule has 1 aromatic carbocycles. The maximum Gasteiger partial charge on any atom is 0.242 e. The van der Waals surface area contributed by atoms with Crippen LogP contribution in [0.1, 0.15) is 31.0 Å². The summed E-state index contributed by atoms with van der Waals surface area (Å²) in [5, 5.41) is 17.9. The van der Waals surface area contributed by atoms with Crippen LogP contribution in [-0.4, -0.2) is 36.1 Å². The van der Waals surface area contributed by atoms with Gasteiger partial charge in [0.15, 0.2) is 5.82 Å². The van der Waals surface area contributed by atoms with E-state index in [1.165, 1.54) is 4.68 Å². The molecule has 0 radical (unpaired) electrons. The van der Waals surface area contributed by atoms with Crippen molar-refractivity contribution in [1.29, 1.82) is 0 Å². The van der Waals surface area contributed by atoms with Crippen molar-refractivity contribution in [1.82, 2.24) is 35.5 Å². The highest BCUT2D eigenvalue weighted by molar-refractivity contribution is 5.76. The van der Waals surface area contributed by atoms with E-state index < -0.39 is 0 Å². The first-order valence-electron chi connectivity index (χ1n) is 7.79. The van der Waals surface area contributed by atoms with Gasteiger partial charge in [-0.05, 0) is 13.3 Å². The van der Waals surface area contributed by atoms with Crippen molar-refractivity contribution in [3.8, 4) is 11.3 Å². The second-order valence-electron chi connectivity index (χ2n) is 5.47. The molecule has 2 aromatic heterocycles. The number of nitrogens with zero attached hydrogens (tertiary/aromatic N) is 5. The monoisotopic (exact) mass is 325 g/mol. The molecule has 1 unspecified atom stereocenters. The maximum absolute atomic E-state index is 12.2. The molecule has 0 spiro atoms. The van der Waals surface area contributed by atoms with Gasteiger partial charge in [0.2, 0.25) is 5.91 Å². The second-order valence-corrected chi connectivity index (χ2v) is 5.47. The molecule has 0 saturated heterocycles. The molecule has 8 heteroatoms. The molecule has 2 heterocycles. The minimum Gasteiger partial charge on any atom is -0.344 e. The molecule has 2 N–H and O–H groups in total. The van der Waals surface area contributed by atoms with E-state index in [4.69, 9.17) is 0 Å². The number of benzene rings is 1. The van der Waals surface area contributed by atoms with E-state index in [1.807, 2.05) is 44.2 Å². The predicted molar refractivity (Wildman–Crippen MR) is 87.8 cm³/mol. The summed E-state index contributed by atoms with van der Waals surface area (Å²) >= 11 is 0. The highest BCUT2D eigenvalue weighted by Crippen LogP contribution is 2.15. The predicted octanol–water partition coefficient (Wildman–Crippen LogP) is 1.64. The van der Waals surface area contributed by atoms with Crippen LogP contribution in [0.3, 0.4) is 0 Å². The van der Waals surface area contributed by atoms with Crippen LogP contribution in [0.15, 0.2) is 36.5 Å². The third-order valence-electron chi connectivity index (χ3n) is 3.58. The molecular formula is C16H19N7O. The molecule has 8 nitrogen and oxygen atoms in total. The Kier molecular flexibility index (Phi) is 4.64. The Labute approximate surface area is 139 Å². The van der Waals surface area contributed by atoms with Crippen molar-refractivity contribution in [2.75, 3.05) is 0 Å². The van der Waals surface area contributed by atoms with Gasteiger partial charge in [0.05, 0.1) is 12.2 Å². The summed E-state index contributed by atoms with van der Waals surface area (Å²) in [6.45, 7) is 3.89. The quantitative estimate of drug-likeness (QED) is 0.717. The van der Waals surface area contributed by atoms with Crippen LogP contribution in [0.4, 0.5) is 0 Å². The van der Waals surface area contributed by atoms with Crippen molar-refractivity contribution in [3.63, 3.8) is 0 Å². The number of amides is 1. The average Bonchev–Trinajstić information content (AvgIpc) is 3.22. The number of H-pyrrole nitrogens is 1. The first kappa shape index (κ1) is 15.9. The number of aryl methyl sites for hydroxylation is 1. The molecule has 1 atom stereocenters. The van der Waals surface area contributed by atoms with Gasteiger partial charge >= 0.3 is 0 Å². The Hall–Kier alpha value is -3.03. The van der Waals surface area contributed by atoms with Gasteiger partial charge in [0, 0.05) is 5.56 Å². The van der Waals surface area contributed by atoms with Gasteiger partial charge in [0.1, 0.15) is 18.1 Å². The lowest BCUT2D eigenvalue weighted by Gasteiger charge is -2.13. The number of hydrogen-bond donors (Lipinski definition) is 2. The first-order chi connectivity index (χ1) is 11.7. The summed E-state index contributed by atoms with van der Waals surface area (Å²) in [7, 11) is 0. The van der Waals surface area contributed by atoms with Gasteiger partial charge in [-0.25, -0.2) is 9.67 Å². The van der Waals surface area contributed by atoms with E-state index in [-0.39, 0.29) is 18.5 Å². The van der Waals surface area contributed by atoms with Crippen molar-refractivity contribution in [3.05, 3.63) is 48.2 Å². The van der Waals surface area contributed by atoms with E-state index in [2.05, 4.69) is 30.8 Å². The lowest BCUT2D eigenvalue weighted by atomic mass is 10.2. The Morgan fingerprint density at radius 3 is 2.79 bits per heavy atom. The van der Waals surface area contributed by atoms with Crippen LogP contribution in [0.2, 0.25) is 0 Å². The zero-order valence-electron chi connectivity index (χ0n) is 13.6. The molecule has 0 aliphatic heterocycles. The number of nitrogens with one attached hydrogen (secondary N) is 2. The third kappa shape index (κ3) is 3.65. The van der Waals surface area contributed by atoms with E-state index in [0.717, 1.165) is 17.1 Å². The number of carbonyl (C=O) groups excluding carboxylic acids is 1. The van der Waals surface area contributed by atoms with Crippen LogP contribution in [0, 0.1) is 6.92 Å². The zero-order valence-corrected chi connectivity index (χ0v) is 13.6. The van der Waals surface area contributed by atoms with Gasteiger partial charge in [0.25, 0.3) is 0 Å². The van der Waals surface area contributed by atoms with Crippen molar-refractivity contribution in [2.45, 2.75) is 32.9 Å². The van der Waals surface area contributed by atoms with E-state index in [1.54, 1.807) is 6.20 Å². The topological polar surface area (TPSA) is 101 Å². The Morgan fingerprint density at radius 2 is 2.12 bits per heavy atom. The largest absolute Gasteiger partial charge is 0.344 e. The molecule has 0 fully saturated rings. The second kappa shape index (κ2) is 7.03. The Morgan fingerprint density at radius 1 is 1.33 bits per heavy atom. The van der Waals surface area contributed by atoms with E-state index in [0.29, 0.717) is 12.2 Å². The van der Waals surface area contributed by atoms with Gasteiger partial charge in [-0.2, -0.15) is 5.10 Å². The highest BCUT2D eigenvalue weighted by atomic mass is 16.2. The minimum absolute atomic E-state index is 0.0970. The van der Waals surface area contributed by atoms with Crippen molar-refractivity contribution in [2.24, 2.45) is 0 Å². The molecule has 24 heavy (non-hydrogen) atoms. The summed E-state index contributed by atoms with van der Waals surface area (Å²) in [5.41, 5.74) is 1.70. The molecular weight excluding hydrogens is 306 g/mol. The first-order valence-corrected chi connectivity index (χ1v) is 7.79. The van der Waals surface area contributed by atoms with Gasteiger partial charge in [-0.15, -0.1) is 5.10 Å². The number of rotatable bonds is 6. The Bertz CT molecular complexity index is 809. The molecule has 0 saturated carbocycles. The summed E-state index contributed by atoms with van der Waals surface area (Å²) in [4.78, 5) is 16.5. The molecule has 3 rings (SSSR count). The van der Waals surface area contributed by atoms with Crippen LogP contribution in [0.5, 0.6) is 0 Å². The van der Waals surface area contributed by atoms with Gasteiger partial charge < -0.3 is 5.32 Å². The normalized spacial score (nSPS) is 12.1. The molecule has 3 aromatic rings. The number of carbonyl (C=O) groups is 1. The van der Waals surface area contributed by atoms with Crippen LogP contribution >= 0.6 is 0 Å². The summed E-state index contributed by atoms with van der Waals surface area (Å²) in [5.74, 6) is 1.15. The van der Waals surface area contributed by atoms with Crippen LogP contribution in [-0.2, 0) is 11.3 Å². The molecule has 0 bridgehead atoms. The van der Waals surface area contributed by atoms with Gasteiger partial charge in [-0.1, -0.05) is 42.5 Å². The molecule has 1 amide bonds. The highest BCUT2D eigenvalue weighted by Gasteiger charge is 2.17. The fourth-order valence-electron chi connectivity index (χ4n) is 2.37. The molecule has 0 aliphatic rings. The molecule has 0 aliphatic carbocycles. The minimum atomic E-state index is -0.223. The lowest BCUT2D eigenvalue weighted by molar-refractivity contribution is -0.122. The Balaban J connectivity index is 1.63. The van der Waals surface area contributed by atoms with Crippen molar-refractivity contribution < 1.29 is 4.79 Å². The van der Waals surface area contributed by atoms with Crippen LogP contribution < -0.4 is 5.32 Å². The third-order valence-corrected chi connectivity index (χ3v) is 3.58. The fraction of sp³-hybridized carbons (Fsp3) is 0.312. The summed E-state index contributed by atoms with van der Waals surface area (Å²) < 4.78 is 1.52. The number of aromatic nitrogens is 6. The van der Waals surface area contributed by atoms with Gasteiger partial charge in [-0.3, -0.25) is 9.89 Å². The average molecular weight is 325 g/mol. The number of aromatic amines is 1. The maximum atomic E-state index is 12.2. The fourth-order valence-corrected chi connectivity index (χ4v) is 2.37. The van der Waals surface area contributed by atoms with Crippen LogP contribution in [0.25, 0.3) is 11.3 Å². The van der Waals surface area contributed by atoms with Crippen molar-refractivity contribution >= 4 is 5.91 Å². The summed E-state index contributed by atoms with van der Waals surface area (Å²) in [6.07, 6.45) is 2.46. The van der Waals surface area contributed by atoms with E-state index in [9.17, 15) is 4.79 Å². The summed E-state index contributed by atoms with van der Waals surface area (Å²) in [6, 6.07) is 9.49. The smallest absolute Gasteiger partial charge is 0.242 e. The standard InChI is InChI=1S/C16H19N7O/c1-3-13(16-17-11(2)19-21-16)18-15(24)10-23-9-14(20-22-23)12-7-5-4-6-8-12/h4-9,13H,3,10H2,1-2H3,(H,18,24)(H,17,19,21). The van der Waals surface area contributed by atoms with E-state index >= 15 is 0 Å². The number of hydrogen-bond acceptors (Lipinski definition) is 5. The lowest BCUT2D eigenvalue weighted by Crippen LogP contribution is -2.32.